The first-order valence-corrected chi connectivity index (χ1v) is 11.7. The smallest absolute Gasteiger partial charge is 0.291 e. The van der Waals surface area contributed by atoms with Crippen LogP contribution < -0.4 is 14.2 Å². The van der Waals surface area contributed by atoms with Crippen LogP contribution in [0, 0.1) is 0 Å². The van der Waals surface area contributed by atoms with Crippen LogP contribution in [-0.4, -0.2) is 66.2 Å². The molecule has 0 N–H and O–H groups in total. The lowest BCUT2D eigenvalue weighted by Crippen LogP contribution is -2.45. The highest BCUT2D eigenvalue weighted by molar-refractivity contribution is 7.13. The number of hydrogen-bond acceptors (Lipinski definition) is 8. The molecule has 1 aliphatic heterocycles. The molecule has 0 radical (unpaired) electrons. The summed E-state index contributed by atoms with van der Waals surface area (Å²) in [4.78, 5) is 34.8. The fourth-order valence-electron chi connectivity index (χ4n) is 3.87. The van der Waals surface area contributed by atoms with E-state index in [1.54, 1.807) is 39.1 Å². The van der Waals surface area contributed by atoms with Gasteiger partial charge in [-0.3, -0.25) is 19.6 Å². The molecule has 0 unspecified atom stereocenters. The molecule has 1 fully saturated rings. The van der Waals surface area contributed by atoms with Crippen LogP contribution in [0.15, 0.2) is 42.0 Å². The van der Waals surface area contributed by atoms with E-state index in [2.05, 4.69) is 9.97 Å². The molecule has 3 aromatic rings. The van der Waals surface area contributed by atoms with Gasteiger partial charge in [-0.25, -0.2) is 9.99 Å². The van der Waals surface area contributed by atoms with Crippen LogP contribution in [-0.2, 0) is 11.2 Å². The van der Waals surface area contributed by atoms with Crippen molar-refractivity contribution in [2.24, 2.45) is 0 Å². The van der Waals surface area contributed by atoms with Crippen LogP contribution in [0.25, 0.3) is 10.6 Å². The molecule has 0 saturated carbocycles. The van der Waals surface area contributed by atoms with Crippen LogP contribution >= 0.6 is 11.3 Å². The van der Waals surface area contributed by atoms with Gasteiger partial charge in [0.15, 0.2) is 11.5 Å². The van der Waals surface area contributed by atoms with Gasteiger partial charge in [-0.05, 0) is 42.7 Å². The van der Waals surface area contributed by atoms with E-state index in [4.69, 9.17) is 14.2 Å². The number of ether oxygens (including phenoxy) is 3. The van der Waals surface area contributed by atoms with Gasteiger partial charge in [0, 0.05) is 42.8 Å². The van der Waals surface area contributed by atoms with E-state index < -0.39 is 0 Å². The molecule has 34 heavy (non-hydrogen) atoms. The third kappa shape index (κ3) is 4.81. The number of benzene rings is 1. The molecule has 0 aliphatic carbocycles. The first-order chi connectivity index (χ1) is 16.5. The molecule has 1 aromatic carbocycles. The topological polar surface area (TPSA) is 94.1 Å². The Balaban J connectivity index is 1.44. The van der Waals surface area contributed by atoms with Crippen molar-refractivity contribution in [1.29, 1.82) is 0 Å². The molecule has 1 saturated heterocycles. The maximum atomic E-state index is 13.1. The number of aromatic nitrogens is 2. The van der Waals surface area contributed by atoms with Crippen molar-refractivity contribution >= 4 is 23.2 Å². The highest BCUT2D eigenvalue weighted by Crippen LogP contribution is 2.38. The predicted molar refractivity (Wildman–Crippen MR) is 127 cm³/mol. The van der Waals surface area contributed by atoms with E-state index in [1.165, 1.54) is 21.4 Å². The largest absolute Gasteiger partial charge is 0.493 e. The number of rotatable bonds is 8. The number of hydrogen-bond donors (Lipinski definition) is 0. The lowest BCUT2D eigenvalue weighted by molar-refractivity contribution is -0.140. The molecule has 2 aromatic heterocycles. The Bertz CT molecular complexity index is 1140. The van der Waals surface area contributed by atoms with Crippen LogP contribution in [0.1, 0.15) is 28.9 Å². The Labute approximate surface area is 201 Å². The minimum Gasteiger partial charge on any atom is -0.493 e. The zero-order valence-corrected chi connectivity index (χ0v) is 20.1. The maximum absolute atomic E-state index is 13.1. The van der Waals surface area contributed by atoms with Crippen molar-refractivity contribution in [3.8, 4) is 27.8 Å². The number of pyridine rings is 1. The quantitative estimate of drug-likeness (QED) is 0.485. The number of hydrazine groups is 1. The van der Waals surface area contributed by atoms with Crippen molar-refractivity contribution in [2.45, 2.75) is 19.3 Å². The Kier molecular flexibility index (Phi) is 7.27. The fourth-order valence-corrected chi connectivity index (χ4v) is 4.65. The summed E-state index contributed by atoms with van der Waals surface area (Å²) >= 11 is 1.38. The summed E-state index contributed by atoms with van der Waals surface area (Å²) in [5.41, 5.74) is 2.06. The van der Waals surface area contributed by atoms with Gasteiger partial charge in [-0.15, -0.1) is 11.3 Å². The van der Waals surface area contributed by atoms with E-state index in [0.717, 1.165) is 22.6 Å². The summed E-state index contributed by atoms with van der Waals surface area (Å²) < 4.78 is 16.1. The molecule has 10 heteroatoms. The van der Waals surface area contributed by atoms with Gasteiger partial charge in [-0.1, -0.05) is 0 Å². The van der Waals surface area contributed by atoms with E-state index in [0.29, 0.717) is 42.5 Å². The second-order valence-corrected chi connectivity index (χ2v) is 8.47. The molecule has 178 valence electrons. The summed E-state index contributed by atoms with van der Waals surface area (Å²) in [5.74, 6) is 1.18. The summed E-state index contributed by atoms with van der Waals surface area (Å²) in [6.07, 6.45) is 4.83. The first kappa shape index (κ1) is 23.5. The van der Waals surface area contributed by atoms with E-state index >= 15 is 0 Å². The highest BCUT2D eigenvalue weighted by atomic mass is 32.1. The highest BCUT2D eigenvalue weighted by Gasteiger charge is 2.32. The van der Waals surface area contributed by atoms with Gasteiger partial charge in [0.25, 0.3) is 5.91 Å². The molecule has 9 nitrogen and oxygen atoms in total. The summed E-state index contributed by atoms with van der Waals surface area (Å²) in [7, 11) is 4.65. The van der Waals surface area contributed by atoms with E-state index in [9.17, 15) is 9.59 Å². The third-order valence-electron chi connectivity index (χ3n) is 5.54. The van der Waals surface area contributed by atoms with Crippen LogP contribution in [0.4, 0.5) is 0 Å². The van der Waals surface area contributed by atoms with Crippen LogP contribution in [0.3, 0.4) is 0 Å². The molecule has 4 rings (SSSR count). The summed E-state index contributed by atoms with van der Waals surface area (Å²) in [5, 5.41) is 5.47. The fraction of sp³-hybridized carbons (Fsp3) is 0.333. The molecular weight excluding hydrogens is 456 g/mol. The van der Waals surface area contributed by atoms with Crippen LogP contribution in [0.2, 0.25) is 0 Å². The lowest BCUT2D eigenvalue weighted by Gasteiger charge is -2.27. The predicted octanol–water partition coefficient (Wildman–Crippen LogP) is 3.45. The second-order valence-electron chi connectivity index (χ2n) is 7.61. The van der Waals surface area contributed by atoms with Crippen molar-refractivity contribution in [1.82, 2.24) is 20.0 Å². The molecule has 0 spiro atoms. The zero-order chi connectivity index (χ0) is 24.1. The number of methoxy groups -OCH3 is 3. The number of aryl methyl sites for hydroxylation is 1. The van der Waals surface area contributed by atoms with Crippen molar-refractivity contribution in [3.63, 3.8) is 0 Å². The van der Waals surface area contributed by atoms with E-state index in [1.807, 2.05) is 24.3 Å². The Morgan fingerprint density at radius 2 is 1.79 bits per heavy atom. The van der Waals surface area contributed by atoms with Gasteiger partial charge in [-0.2, -0.15) is 0 Å². The van der Waals surface area contributed by atoms with Crippen LogP contribution in [0.5, 0.6) is 17.2 Å². The van der Waals surface area contributed by atoms with Gasteiger partial charge < -0.3 is 14.2 Å². The SMILES string of the molecule is COc1cc(CCC(=O)N2CCCN2C(=O)c2csc(-c3cccnc3)n2)cc(OC)c1OC. The van der Waals surface area contributed by atoms with Gasteiger partial charge in [0.2, 0.25) is 11.7 Å². The maximum Gasteiger partial charge on any atom is 0.291 e. The minimum absolute atomic E-state index is 0.123. The standard InChI is InChI=1S/C24H26N4O5S/c1-31-19-12-16(13-20(32-2)22(19)33-3)7-8-21(29)27-10-5-11-28(27)24(30)18-15-34-23(26-18)17-6-4-9-25-14-17/h4,6,9,12-15H,5,7-8,10-11H2,1-3H3. The van der Waals surface area contributed by atoms with Gasteiger partial charge in [0.1, 0.15) is 10.7 Å². The molecule has 3 heterocycles. The monoisotopic (exact) mass is 482 g/mol. The van der Waals surface area contributed by atoms with Gasteiger partial charge >= 0.3 is 0 Å². The molecule has 0 bridgehead atoms. The Morgan fingerprint density at radius 3 is 2.44 bits per heavy atom. The molecule has 1 aliphatic rings. The third-order valence-corrected chi connectivity index (χ3v) is 6.43. The average molecular weight is 483 g/mol. The molecule has 2 amide bonds. The summed E-state index contributed by atoms with van der Waals surface area (Å²) in [6.45, 7) is 0.980. The Hall–Kier alpha value is -3.66. The van der Waals surface area contributed by atoms with Crippen molar-refractivity contribution in [2.75, 3.05) is 34.4 Å². The number of carbonyl (C=O) groups is 2. The second kappa shape index (κ2) is 10.5. The average Bonchev–Trinajstić information content (AvgIpc) is 3.57. The normalized spacial score (nSPS) is 13.1. The number of nitrogens with zero attached hydrogens (tertiary/aromatic N) is 4. The first-order valence-electron chi connectivity index (χ1n) is 10.8. The number of carbonyl (C=O) groups excluding carboxylic acids is 2. The Morgan fingerprint density at radius 1 is 1.06 bits per heavy atom. The summed E-state index contributed by atoms with van der Waals surface area (Å²) in [6, 6.07) is 7.38. The molecular formula is C24H26N4O5S. The lowest BCUT2D eigenvalue weighted by atomic mass is 10.1. The van der Waals surface area contributed by atoms with E-state index in [-0.39, 0.29) is 18.2 Å². The van der Waals surface area contributed by atoms with Crippen molar-refractivity contribution in [3.05, 3.63) is 53.3 Å². The zero-order valence-electron chi connectivity index (χ0n) is 19.3. The number of amides is 2. The minimum atomic E-state index is -0.273. The van der Waals surface area contributed by atoms with Gasteiger partial charge in [0.05, 0.1) is 21.3 Å². The van der Waals surface area contributed by atoms with Crippen molar-refractivity contribution < 1.29 is 23.8 Å². The molecule has 0 atom stereocenters. The number of thiazole rings is 1.